The first-order chi connectivity index (χ1) is 12.8. The van der Waals surface area contributed by atoms with Crippen molar-refractivity contribution in [3.63, 3.8) is 0 Å². The summed E-state index contributed by atoms with van der Waals surface area (Å²) < 4.78 is 13.5. The van der Waals surface area contributed by atoms with Gasteiger partial charge in [0, 0.05) is 55.9 Å². The standard InChI is InChI=1S/C20H28N4O2/c1-16-19(15-22-6-10-25-11-7-22)20(23-8-12-26-13-9-23)17(2)24(16)18-4-3-5-21-14-18/h3-5,14H,6-13,15H2,1-2H3. The molecule has 2 saturated heterocycles. The highest BCUT2D eigenvalue weighted by atomic mass is 16.5. The second-order valence-corrected chi connectivity index (χ2v) is 7.03. The van der Waals surface area contributed by atoms with E-state index in [1.807, 2.05) is 18.5 Å². The number of morpholine rings is 2. The van der Waals surface area contributed by atoms with E-state index in [0.29, 0.717) is 0 Å². The van der Waals surface area contributed by atoms with Crippen LogP contribution in [0.2, 0.25) is 0 Å². The van der Waals surface area contributed by atoms with Crippen molar-refractivity contribution in [3.05, 3.63) is 41.5 Å². The monoisotopic (exact) mass is 356 g/mol. The molecule has 0 N–H and O–H groups in total. The van der Waals surface area contributed by atoms with Crippen molar-refractivity contribution in [2.45, 2.75) is 20.4 Å². The maximum absolute atomic E-state index is 5.59. The summed E-state index contributed by atoms with van der Waals surface area (Å²) in [6, 6.07) is 4.14. The second kappa shape index (κ2) is 7.78. The third kappa shape index (κ3) is 3.37. The normalized spacial score (nSPS) is 19.1. The Morgan fingerprint density at radius 2 is 1.65 bits per heavy atom. The Balaban J connectivity index is 1.76. The van der Waals surface area contributed by atoms with Crippen molar-refractivity contribution in [1.29, 1.82) is 0 Å². The predicted octanol–water partition coefficient (Wildman–Crippen LogP) is 2.16. The molecule has 0 aliphatic carbocycles. The van der Waals surface area contributed by atoms with Gasteiger partial charge in [0.25, 0.3) is 0 Å². The average molecular weight is 356 g/mol. The van der Waals surface area contributed by atoms with E-state index >= 15 is 0 Å². The molecule has 0 saturated carbocycles. The third-order valence-corrected chi connectivity index (χ3v) is 5.45. The lowest BCUT2D eigenvalue weighted by Crippen LogP contribution is -2.38. The van der Waals surface area contributed by atoms with Crippen LogP contribution in [0.1, 0.15) is 17.0 Å². The van der Waals surface area contributed by atoms with Crippen LogP contribution in [0, 0.1) is 13.8 Å². The fourth-order valence-corrected chi connectivity index (χ4v) is 4.13. The van der Waals surface area contributed by atoms with Crippen LogP contribution in [0.5, 0.6) is 0 Å². The molecule has 4 heterocycles. The molecule has 0 bridgehead atoms. The van der Waals surface area contributed by atoms with Gasteiger partial charge in [0.1, 0.15) is 0 Å². The summed E-state index contributed by atoms with van der Waals surface area (Å²) in [5, 5.41) is 0. The quantitative estimate of drug-likeness (QED) is 0.840. The summed E-state index contributed by atoms with van der Waals surface area (Å²) >= 11 is 0. The van der Waals surface area contributed by atoms with Crippen molar-refractivity contribution >= 4 is 5.69 Å². The first-order valence-electron chi connectivity index (χ1n) is 9.49. The molecule has 2 aliphatic rings. The van der Waals surface area contributed by atoms with Crippen LogP contribution < -0.4 is 4.90 Å². The summed E-state index contributed by atoms with van der Waals surface area (Å²) in [4.78, 5) is 9.33. The molecule has 0 atom stereocenters. The fourth-order valence-electron chi connectivity index (χ4n) is 4.13. The summed E-state index contributed by atoms with van der Waals surface area (Å²) in [7, 11) is 0. The lowest BCUT2D eigenvalue weighted by atomic mass is 10.1. The Hall–Kier alpha value is -1.89. The highest BCUT2D eigenvalue weighted by molar-refractivity contribution is 5.64. The first kappa shape index (κ1) is 17.5. The number of anilines is 1. The lowest BCUT2D eigenvalue weighted by Gasteiger charge is -2.32. The van der Waals surface area contributed by atoms with Crippen molar-refractivity contribution in [1.82, 2.24) is 14.5 Å². The molecule has 2 aromatic heterocycles. The van der Waals surface area contributed by atoms with E-state index < -0.39 is 0 Å². The number of rotatable bonds is 4. The Labute approximate surface area is 155 Å². The maximum atomic E-state index is 5.59. The van der Waals surface area contributed by atoms with Gasteiger partial charge in [0.05, 0.1) is 44.0 Å². The number of hydrogen-bond donors (Lipinski definition) is 0. The van der Waals surface area contributed by atoms with E-state index in [0.717, 1.165) is 64.8 Å². The molecule has 4 rings (SSSR count). The zero-order chi connectivity index (χ0) is 17.9. The van der Waals surface area contributed by atoms with Crippen LogP contribution in [0.25, 0.3) is 5.69 Å². The van der Waals surface area contributed by atoms with Gasteiger partial charge in [-0.1, -0.05) is 0 Å². The minimum Gasteiger partial charge on any atom is -0.379 e. The minimum atomic E-state index is 0.799. The summed E-state index contributed by atoms with van der Waals surface area (Å²) in [5.74, 6) is 0. The van der Waals surface area contributed by atoms with Crippen LogP contribution in [0.4, 0.5) is 5.69 Å². The topological polar surface area (TPSA) is 42.8 Å². The molecular formula is C20H28N4O2. The van der Waals surface area contributed by atoms with Gasteiger partial charge in [0.2, 0.25) is 0 Å². The predicted molar refractivity (Wildman–Crippen MR) is 102 cm³/mol. The number of hydrogen-bond acceptors (Lipinski definition) is 5. The lowest BCUT2D eigenvalue weighted by molar-refractivity contribution is 0.0341. The van der Waals surface area contributed by atoms with Crippen LogP contribution in [-0.4, -0.2) is 67.1 Å². The molecule has 0 unspecified atom stereocenters. The average Bonchev–Trinajstić information content (AvgIpc) is 2.94. The Morgan fingerprint density at radius 3 is 2.31 bits per heavy atom. The van der Waals surface area contributed by atoms with Crippen LogP contribution in [0.15, 0.2) is 24.5 Å². The van der Waals surface area contributed by atoms with Crippen LogP contribution in [0.3, 0.4) is 0 Å². The molecule has 0 aromatic carbocycles. The largest absolute Gasteiger partial charge is 0.379 e. The fraction of sp³-hybridized carbons (Fsp3) is 0.550. The number of nitrogens with zero attached hydrogens (tertiary/aromatic N) is 4. The van der Waals surface area contributed by atoms with Gasteiger partial charge in [-0.15, -0.1) is 0 Å². The summed E-state index contributed by atoms with van der Waals surface area (Å²) in [6.07, 6.45) is 3.77. The van der Waals surface area contributed by atoms with E-state index in [9.17, 15) is 0 Å². The molecule has 6 nitrogen and oxygen atoms in total. The highest BCUT2D eigenvalue weighted by Crippen LogP contribution is 2.35. The van der Waals surface area contributed by atoms with Gasteiger partial charge in [0.15, 0.2) is 0 Å². The zero-order valence-corrected chi connectivity index (χ0v) is 15.8. The zero-order valence-electron chi connectivity index (χ0n) is 15.8. The number of ether oxygens (including phenoxy) is 2. The maximum Gasteiger partial charge on any atom is 0.0642 e. The smallest absolute Gasteiger partial charge is 0.0642 e. The Morgan fingerprint density at radius 1 is 0.962 bits per heavy atom. The van der Waals surface area contributed by atoms with Crippen LogP contribution >= 0.6 is 0 Å². The van der Waals surface area contributed by atoms with Gasteiger partial charge in [-0.25, -0.2) is 0 Å². The Bertz CT molecular complexity index is 732. The molecule has 0 spiro atoms. The van der Waals surface area contributed by atoms with Gasteiger partial charge in [-0.3, -0.25) is 9.88 Å². The molecule has 0 radical (unpaired) electrons. The SMILES string of the molecule is Cc1c(CN2CCOCC2)c(N2CCOCC2)c(C)n1-c1cccnc1. The molecular weight excluding hydrogens is 328 g/mol. The van der Waals surface area contributed by atoms with Gasteiger partial charge in [-0.05, 0) is 26.0 Å². The molecule has 2 aliphatic heterocycles. The van der Waals surface area contributed by atoms with Crippen molar-refractivity contribution in [2.75, 3.05) is 57.5 Å². The van der Waals surface area contributed by atoms with E-state index in [-0.39, 0.29) is 0 Å². The Kier molecular flexibility index (Phi) is 5.24. The molecule has 140 valence electrons. The molecule has 0 amide bonds. The van der Waals surface area contributed by atoms with Crippen molar-refractivity contribution in [3.8, 4) is 5.69 Å². The third-order valence-electron chi connectivity index (χ3n) is 5.45. The molecule has 6 heteroatoms. The number of pyridine rings is 1. The first-order valence-corrected chi connectivity index (χ1v) is 9.49. The summed E-state index contributed by atoms with van der Waals surface area (Å²) in [6.45, 7) is 12.6. The molecule has 26 heavy (non-hydrogen) atoms. The van der Waals surface area contributed by atoms with E-state index in [1.54, 1.807) is 0 Å². The van der Waals surface area contributed by atoms with E-state index in [4.69, 9.17) is 9.47 Å². The van der Waals surface area contributed by atoms with Gasteiger partial charge < -0.3 is 18.9 Å². The van der Waals surface area contributed by atoms with Gasteiger partial charge in [-0.2, -0.15) is 0 Å². The van der Waals surface area contributed by atoms with E-state index in [1.165, 1.54) is 22.6 Å². The molecule has 2 aromatic rings. The minimum absolute atomic E-state index is 0.799. The van der Waals surface area contributed by atoms with Crippen molar-refractivity contribution in [2.24, 2.45) is 0 Å². The van der Waals surface area contributed by atoms with Crippen molar-refractivity contribution < 1.29 is 9.47 Å². The van der Waals surface area contributed by atoms with Crippen LogP contribution in [-0.2, 0) is 16.0 Å². The molecule has 2 fully saturated rings. The highest BCUT2D eigenvalue weighted by Gasteiger charge is 2.26. The second-order valence-electron chi connectivity index (χ2n) is 7.03. The van der Waals surface area contributed by atoms with E-state index in [2.05, 4.69) is 39.3 Å². The summed E-state index contributed by atoms with van der Waals surface area (Å²) in [5.41, 5.74) is 6.53. The van der Waals surface area contributed by atoms with Gasteiger partial charge >= 0.3 is 0 Å². The number of aromatic nitrogens is 2.